The van der Waals surface area contributed by atoms with Gasteiger partial charge in [-0.1, -0.05) is 0 Å². The molecule has 0 fully saturated rings. The highest BCUT2D eigenvalue weighted by atomic mass is 19.1. The van der Waals surface area contributed by atoms with Gasteiger partial charge < -0.3 is 11.1 Å². The zero-order valence-corrected chi connectivity index (χ0v) is 11.1. The van der Waals surface area contributed by atoms with Crippen molar-refractivity contribution >= 4 is 17.5 Å². The Hall–Kier alpha value is -2.76. The van der Waals surface area contributed by atoms with Gasteiger partial charge in [-0.2, -0.15) is 0 Å². The average molecular weight is 290 g/mol. The molecule has 0 atom stereocenters. The van der Waals surface area contributed by atoms with Crippen LogP contribution in [0.5, 0.6) is 0 Å². The molecule has 2 amide bonds. The molecule has 2 rings (SSSR count). The quantitative estimate of drug-likeness (QED) is 0.912. The topological polar surface area (TPSA) is 72.2 Å². The van der Waals surface area contributed by atoms with E-state index in [4.69, 9.17) is 5.73 Å². The van der Waals surface area contributed by atoms with Crippen LogP contribution in [-0.2, 0) is 0 Å². The Morgan fingerprint density at radius 1 is 1.00 bits per heavy atom. The molecule has 2 aromatic rings. The maximum atomic E-state index is 13.6. The Balaban J connectivity index is 2.28. The molecule has 0 aliphatic carbocycles. The number of carbonyl (C=O) groups is 2. The van der Waals surface area contributed by atoms with Crippen LogP contribution in [0.1, 0.15) is 26.3 Å². The van der Waals surface area contributed by atoms with E-state index in [1.807, 2.05) is 0 Å². The fraction of sp³-hybridized carbons (Fsp3) is 0.0667. The first kappa shape index (κ1) is 14.6. The van der Waals surface area contributed by atoms with E-state index in [2.05, 4.69) is 5.32 Å². The molecule has 0 aliphatic rings. The third kappa shape index (κ3) is 3.22. The molecule has 2 aromatic carbocycles. The second-order valence-electron chi connectivity index (χ2n) is 4.48. The Morgan fingerprint density at radius 2 is 1.62 bits per heavy atom. The molecule has 3 N–H and O–H groups in total. The van der Waals surface area contributed by atoms with E-state index in [0.29, 0.717) is 5.56 Å². The van der Waals surface area contributed by atoms with Gasteiger partial charge in [-0.05, 0) is 48.9 Å². The normalized spacial score (nSPS) is 10.2. The molecule has 0 aliphatic heterocycles. The molecule has 6 heteroatoms. The summed E-state index contributed by atoms with van der Waals surface area (Å²) in [6, 6.07) is 7.18. The molecular formula is C15H12F2N2O2. The molecule has 0 unspecified atom stereocenters. The number of amides is 2. The van der Waals surface area contributed by atoms with Gasteiger partial charge in [0.25, 0.3) is 5.91 Å². The monoisotopic (exact) mass is 290 g/mol. The summed E-state index contributed by atoms with van der Waals surface area (Å²) < 4.78 is 26.8. The first-order chi connectivity index (χ1) is 9.88. The Morgan fingerprint density at radius 3 is 2.24 bits per heavy atom. The van der Waals surface area contributed by atoms with E-state index in [9.17, 15) is 18.4 Å². The number of hydrogen-bond acceptors (Lipinski definition) is 2. The van der Waals surface area contributed by atoms with Gasteiger partial charge in [0.15, 0.2) is 0 Å². The summed E-state index contributed by atoms with van der Waals surface area (Å²) in [6.07, 6.45) is 0. The van der Waals surface area contributed by atoms with E-state index >= 15 is 0 Å². The first-order valence-electron chi connectivity index (χ1n) is 6.05. The number of carbonyl (C=O) groups excluding carboxylic acids is 2. The fourth-order valence-electron chi connectivity index (χ4n) is 1.75. The number of halogens is 2. The Kier molecular flexibility index (Phi) is 3.98. The highest BCUT2D eigenvalue weighted by molar-refractivity contribution is 6.05. The van der Waals surface area contributed by atoms with Crippen LogP contribution in [0.2, 0.25) is 0 Å². The summed E-state index contributed by atoms with van der Waals surface area (Å²) >= 11 is 0. The molecule has 0 saturated carbocycles. The maximum Gasteiger partial charge on any atom is 0.255 e. The summed E-state index contributed by atoms with van der Waals surface area (Å²) in [7, 11) is 0. The van der Waals surface area contributed by atoms with Crippen molar-refractivity contribution in [2.45, 2.75) is 6.92 Å². The zero-order valence-electron chi connectivity index (χ0n) is 11.1. The lowest BCUT2D eigenvalue weighted by Gasteiger charge is -2.08. The third-order valence-electron chi connectivity index (χ3n) is 2.92. The van der Waals surface area contributed by atoms with Crippen LogP contribution in [0.4, 0.5) is 14.5 Å². The molecule has 21 heavy (non-hydrogen) atoms. The number of benzene rings is 2. The zero-order chi connectivity index (χ0) is 15.6. The molecule has 108 valence electrons. The predicted octanol–water partition coefficient (Wildman–Crippen LogP) is 2.62. The molecule has 0 bridgehead atoms. The molecule has 0 spiro atoms. The van der Waals surface area contributed by atoms with Gasteiger partial charge in [-0.3, -0.25) is 9.59 Å². The minimum absolute atomic E-state index is 0.0713. The summed E-state index contributed by atoms with van der Waals surface area (Å²) in [4.78, 5) is 23.0. The summed E-state index contributed by atoms with van der Waals surface area (Å²) in [5.74, 6) is -2.48. The maximum absolute atomic E-state index is 13.6. The van der Waals surface area contributed by atoms with Gasteiger partial charge in [-0.25, -0.2) is 8.78 Å². The summed E-state index contributed by atoms with van der Waals surface area (Å²) in [5, 5.41) is 2.32. The van der Waals surface area contributed by atoms with E-state index in [-0.39, 0.29) is 16.8 Å². The van der Waals surface area contributed by atoms with E-state index < -0.39 is 23.4 Å². The SMILES string of the molecule is Cc1cc(C(=O)Nc2cc(C(N)=O)ccc2F)ccc1F. The summed E-state index contributed by atoms with van der Waals surface area (Å²) in [6.45, 7) is 1.51. The minimum Gasteiger partial charge on any atom is -0.366 e. The van der Waals surface area contributed by atoms with Gasteiger partial charge in [0.1, 0.15) is 11.6 Å². The first-order valence-corrected chi connectivity index (χ1v) is 6.05. The molecule has 0 heterocycles. The lowest BCUT2D eigenvalue weighted by molar-refractivity contribution is 0.0996. The summed E-state index contributed by atoms with van der Waals surface area (Å²) in [5.41, 5.74) is 5.48. The van der Waals surface area contributed by atoms with Crippen LogP contribution < -0.4 is 11.1 Å². The van der Waals surface area contributed by atoms with Crippen LogP contribution in [0, 0.1) is 18.6 Å². The highest BCUT2D eigenvalue weighted by Crippen LogP contribution is 2.18. The lowest BCUT2D eigenvalue weighted by Crippen LogP contribution is -2.16. The predicted molar refractivity (Wildman–Crippen MR) is 74.0 cm³/mol. The van der Waals surface area contributed by atoms with Crippen LogP contribution in [0.15, 0.2) is 36.4 Å². The number of hydrogen-bond donors (Lipinski definition) is 2. The van der Waals surface area contributed by atoms with Crippen molar-refractivity contribution in [3.8, 4) is 0 Å². The van der Waals surface area contributed by atoms with Crippen molar-refractivity contribution in [2.24, 2.45) is 5.73 Å². The van der Waals surface area contributed by atoms with Gasteiger partial charge in [0, 0.05) is 11.1 Å². The molecule has 0 saturated heterocycles. The Labute approximate surface area is 119 Å². The van der Waals surface area contributed by atoms with Crippen LogP contribution in [-0.4, -0.2) is 11.8 Å². The lowest BCUT2D eigenvalue weighted by atomic mass is 10.1. The third-order valence-corrected chi connectivity index (χ3v) is 2.92. The van der Waals surface area contributed by atoms with Crippen LogP contribution in [0.3, 0.4) is 0 Å². The number of primary amides is 1. The van der Waals surface area contributed by atoms with Gasteiger partial charge in [0.2, 0.25) is 5.91 Å². The number of aryl methyl sites for hydroxylation is 1. The van der Waals surface area contributed by atoms with Crippen molar-refractivity contribution in [2.75, 3.05) is 5.32 Å². The number of nitrogens with one attached hydrogen (secondary N) is 1. The Bertz CT molecular complexity index is 730. The standard InChI is InChI=1S/C15H12F2N2O2/c1-8-6-10(3-4-11(8)16)15(21)19-13-7-9(14(18)20)2-5-12(13)17/h2-7H,1H3,(H2,18,20)(H,19,21). The second kappa shape index (κ2) is 5.70. The number of anilines is 1. The van der Waals surface area contributed by atoms with Crippen molar-refractivity contribution in [3.63, 3.8) is 0 Å². The largest absolute Gasteiger partial charge is 0.366 e. The van der Waals surface area contributed by atoms with Crippen molar-refractivity contribution < 1.29 is 18.4 Å². The molecule has 0 aromatic heterocycles. The molecule has 4 nitrogen and oxygen atoms in total. The van der Waals surface area contributed by atoms with E-state index in [1.54, 1.807) is 0 Å². The molecular weight excluding hydrogens is 278 g/mol. The van der Waals surface area contributed by atoms with E-state index in [0.717, 1.165) is 18.2 Å². The average Bonchev–Trinajstić information content (AvgIpc) is 2.43. The van der Waals surface area contributed by atoms with Crippen LogP contribution in [0.25, 0.3) is 0 Å². The van der Waals surface area contributed by atoms with E-state index in [1.165, 1.54) is 25.1 Å². The number of rotatable bonds is 3. The minimum atomic E-state index is -0.733. The van der Waals surface area contributed by atoms with Gasteiger partial charge in [-0.15, -0.1) is 0 Å². The number of nitrogens with two attached hydrogens (primary N) is 1. The van der Waals surface area contributed by atoms with Gasteiger partial charge in [0.05, 0.1) is 5.69 Å². The smallest absolute Gasteiger partial charge is 0.255 e. The fourth-order valence-corrected chi connectivity index (χ4v) is 1.75. The van der Waals surface area contributed by atoms with Crippen molar-refractivity contribution in [3.05, 3.63) is 64.7 Å². The van der Waals surface area contributed by atoms with Gasteiger partial charge >= 0.3 is 0 Å². The highest BCUT2D eigenvalue weighted by Gasteiger charge is 2.12. The van der Waals surface area contributed by atoms with Crippen molar-refractivity contribution in [1.29, 1.82) is 0 Å². The van der Waals surface area contributed by atoms with Crippen molar-refractivity contribution in [1.82, 2.24) is 0 Å². The second-order valence-corrected chi connectivity index (χ2v) is 4.48. The van der Waals surface area contributed by atoms with Crippen LogP contribution >= 0.6 is 0 Å². The molecule has 0 radical (unpaired) electrons.